The Morgan fingerprint density at radius 3 is 1.06 bits per heavy atom. The van der Waals surface area contributed by atoms with Crippen molar-refractivity contribution >= 4 is 81.2 Å². The molecule has 0 radical (unpaired) electrons. The number of nitrogens with zero attached hydrogens (tertiary/aromatic N) is 11. The summed E-state index contributed by atoms with van der Waals surface area (Å²) in [6, 6.07) is 57.1. The Morgan fingerprint density at radius 1 is 0.381 bits per heavy atom. The highest BCUT2D eigenvalue weighted by Crippen LogP contribution is 2.39. The van der Waals surface area contributed by atoms with E-state index in [0.717, 1.165) is 195 Å². The number of hydrogen-bond donors (Lipinski definition) is 6. The zero-order valence-corrected chi connectivity index (χ0v) is 77.6. The third-order valence-electron chi connectivity index (χ3n) is 24.0. The first-order valence-corrected chi connectivity index (χ1v) is 46.8. The molecule has 6 aromatic heterocycles. The molecule has 0 unspecified atom stereocenters. The predicted molar refractivity (Wildman–Crippen MR) is 519 cm³/mol. The highest BCUT2D eigenvalue weighted by molar-refractivity contribution is 6.17. The molecule has 4 aliphatic rings. The molecule has 6 N–H and O–H groups in total. The number of amides is 6. The van der Waals surface area contributed by atoms with Gasteiger partial charge in [0.05, 0.1) is 81.3 Å². The Balaban J connectivity index is 0.000000167. The zero-order chi connectivity index (χ0) is 98.0. The van der Waals surface area contributed by atoms with E-state index < -0.39 is 58.8 Å². The molecule has 4 saturated heterocycles. The van der Waals surface area contributed by atoms with Crippen LogP contribution >= 0.6 is 11.6 Å². The lowest BCUT2D eigenvalue weighted by molar-refractivity contribution is -0.138. The molecule has 724 valence electrons. The van der Waals surface area contributed by atoms with Crippen LogP contribution in [0.2, 0.25) is 0 Å². The van der Waals surface area contributed by atoms with Gasteiger partial charge in [-0.2, -0.15) is 39.5 Å². The molecule has 0 aliphatic carbocycles. The van der Waals surface area contributed by atoms with E-state index in [1.807, 2.05) is 85.9 Å². The van der Waals surface area contributed by atoms with Gasteiger partial charge < -0.3 is 51.3 Å². The van der Waals surface area contributed by atoms with Gasteiger partial charge in [-0.1, -0.05) is 67.9 Å². The van der Waals surface area contributed by atoms with E-state index in [4.69, 9.17) is 16.3 Å². The number of rotatable bonds is 29. The van der Waals surface area contributed by atoms with Gasteiger partial charge in [-0.3, -0.25) is 53.5 Å². The second-order valence-corrected chi connectivity index (χ2v) is 34.5. The van der Waals surface area contributed by atoms with E-state index in [-0.39, 0.29) is 65.4 Å². The molecular formula is C105H107ClF9N17O7. The van der Waals surface area contributed by atoms with Crippen molar-refractivity contribution in [2.45, 2.75) is 128 Å². The van der Waals surface area contributed by atoms with Crippen molar-refractivity contribution in [2.24, 2.45) is 0 Å². The predicted octanol–water partition coefficient (Wildman–Crippen LogP) is 20.5. The maximum absolute atomic E-state index is 13.7. The van der Waals surface area contributed by atoms with Crippen LogP contribution in [-0.4, -0.2) is 161 Å². The number of nitrogens with one attached hydrogen (secondary N) is 6. The summed E-state index contributed by atoms with van der Waals surface area (Å²) in [5.74, 6) is -2.38. The van der Waals surface area contributed by atoms with Crippen molar-refractivity contribution < 1.29 is 73.0 Å². The fourth-order valence-corrected chi connectivity index (χ4v) is 16.8. The first-order valence-electron chi connectivity index (χ1n) is 46.3. The number of benzene rings is 6. The molecule has 4 aliphatic heterocycles. The smallest absolute Gasteiger partial charge is 0.379 e. The molecule has 12 aromatic rings. The van der Waals surface area contributed by atoms with Gasteiger partial charge in [-0.05, 0) is 252 Å². The average molecular weight is 1930 g/mol. The van der Waals surface area contributed by atoms with Gasteiger partial charge in [-0.25, -0.2) is 15.0 Å². The minimum absolute atomic E-state index is 0.0732. The van der Waals surface area contributed by atoms with Crippen LogP contribution in [0.15, 0.2) is 237 Å². The lowest BCUT2D eigenvalue weighted by atomic mass is 10.0. The quantitative estimate of drug-likeness (QED) is 0.0188. The van der Waals surface area contributed by atoms with Crippen molar-refractivity contribution in [1.29, 1.82) is 0 Å². The van der Waals surface area contributed by atoms with Crippen LogP contribution < -0.4 is 46.6 Å². The van der Waals surface area contributed by atoms with Crippen molar-refractivity contribution in [2.75, 3.05) is 116 Å². The van der Waals surface area contributed by atoms with Crippen molar-refractivity contribution in [3.05, 3.63) is 321 Å². The summed E-state index contributed by atoms with van der Waals surface area (Å²) in [4.78, 5) is 118. The summed E-state index contributed by atoms with van der Waals surface area (Å²) in [6.45, 7) is 13.1. The third-order valence-corrected chi connectivity index (χ3v) is 24.3. The number of halogens is 10. The van der Waals surface area contributed by atoms with E-state index in [9.17, 15) is 68.3 Å². The van der Waals surface area contributed by atoms with Crippen molar-refractivity contribution in [1.82, 2.24) is 55.7 Å². The van der Waals surface area contributed by atoms with E-state index in [1.54, 1.807) is 60.7 Å². The molecule has 0 atom stereocenters. The number of carbonyl (C=O) groups excluding carboxylic acids is 6. The Hall–Kier alpha value is -14.0. The van der Waals surface area contributed by atoms with Gasteiger partial charge in [0.1, 0.15) is 17.1 Å². The first kappa shape index (κ1) is 101. The Labute approximate surface area is 805 Å². The lowest BCUT2D eigenvalue weighted by Gasteiger charge is -2.29. The SMILES string of the molecule is CCCc1cccc(C(=O)Nc2ccc(N3CCCCC3)cc2-c2cc(C(=O)NCc3cccc(C(F)(F)F)c3)ccn2)n1.CN(CCN1CCOCC1)Cc1cccc(C(=O)Nc2ccc(N3CCCCC3)cc2-c2cc(C(=O)NCc3cccc(C(F)(F)F)c3)ccn2)n1.O=C(NCc1cccc(C(F)(F)F)c1)c1ccnc(-c2cc(N3CCCCC3)ccc2NC(=O)c2cccc(CCl)n2)c1. The number of ether oxygens (including phenoxy) is 1. The normalized spacial score (nSPS) is 14.2. The molecule has 139 heavy (non-hydrogen) atoms. The van der Waals surface area contributed by atoms with Crippen LogP contribution in [0.5, 0.6) is 0 Å². The monoisotopic (exact) mass is 1920 g/mol. The van der Waals surface area contributed by atoms with Crippen LogP contribution in [0.25, 0.3) is 33.8 Å². The van der Waals surface area contributed by atoms with E-state index in [2.05, 4.69) is 93.2 Å². The third kappa shape index (κ3) is 28.6. The molecule has 16 rings (SSSR count). The molecular weight excluding hydrogens is 1820 g/mol. The minimum atomic E-state index is -4.48. The fraction of sp³-hybridized carbons (Fsp3) is 0.314. The number of alkyl halides is 10. The van der Waals surface area contributed by atoms with E-state index in [0.29, 0.717) is 85.5 Å². The van der Waals surface area contributed by atoms with E-state index in [1.165, 1.54) is 80.3 Å². The van der Waals surface area contributed by atoms with Crippen LogP contribution in [0, 0.1) is 0 Å². The standard InChI is InChI=1S/C39H44F3N7O3.C34H34F3N5O2.C32H29ClF3N5O2/c1-47(17-18-48-19-21-52-22-20-48)27-31-9-6-10-35(45-31)38(51)46-34-12-11-32(49-15-3-2-4-16-49)25-33(34)36-24-29(13-14-43-36)37(50)44-26-28-7-5-8-30(23-28)39(40,41)42;1-2-8-26-11-7-12-30(40-26)33(44)41-29-14-13-27(42-17-4-3-5-18-42)21-28(29)31-20-24(15-16-38-31)32(43)39-22-23-9-6-10-25(19-23)34(35,36)37;33-19-24-8-5-9-28(39-24)31(43)40-27-11-10-25(41-14-2-1-3-15-41)18-26(27)29-17-22(12-13-37-29)30(42)38-20-21-6-4-7-23(16-21)32(34,35)36/h5-14,23-25H,2-4,15-22,26-27H2,1H3,(H,44,50)(H,46,51);6-7,9-16,19-21H,2-5,8,17-18,22H2,1H3,(H,39,43)(H,41,44);4-13,16-18H,1-3,14-15,19-20H2,(H,38,42)(H,40,43). The van der Waals surface area contributed by atoms with Crippen LogP contribution in [0.1, 0.15) is 184 Å². The van der Waals surface area contributed by atoms with Crippen LogP contribution in [0.3, 0.4) is 0 Å². The molecule has 10 heterocycles. The van der Waals surface area contributed by atoms with Gasteiger partial charge in [0.25, 0.3) is 35.4 Å². The van der Waals surface area contributed by atoms with Gasteiger partial charge in [0.15, 0.2) is 0 Å². The topological polar surface area (TPSA) is 277 Å². The average Bonchev–Trinajstić information content (AvgIpc) is 0.802. The van der Waals surface area contributed by atoms with Crippen molar-refractivity contribution in [3.8, 4) is 33.8 Å². The molecule has 6 amide bonds. The summed E-state index contributed by atoms with van der Waals surface area (Å²) < 4.78 is 124. The summed E-state index contributed by atoms with van der Waals surface area (Å²) in [6.07, 6.45) is 2.79. The van der Waals surface area contributed by atoms with E-state index >= 15 is 0 Å². The molecule has 24 nitrogen and oxygen atoms in total. The number of pyridine rings is 6. The molecule has 0 saturated carbocycles. The van der Waals surface area contributed by atoms with Crippen molar-refractivity contribution in [3.63, 3.8) is 0 Å². The highest BCUT2D eigenvalue weighted by Gasteiger charge is 2.34. The molecule has 0 spiro atoms. The van der Waals surface area contributed by atoms with Gasteiger partial charge in [0, 0.05) is 166 Å². The molecule has 34 heteroatoms. The Kier molecular flexibility index (Phi) is 34.7. The number of aromatic nitrogens is 6. The zero-order valence-electron chi connectivity index (χ0n) is 76.9. The number of likely N-dealkylation sites (N-methyl/N-ethyl adjacent to an activating group) is 1. The number of piperidine rings is 3. The number of morpholine rings is 1. The Morgan fingerprint density at radius 2 is 0.712 bits per heavy atom. The Bertz CT molecular complexity index is 6280. The molecule has 0 bridgehead atoms. The molecule has 6 aromatic carbocycles. The number of hydrogen-bond acceptors (Lipinski definition) is 18. The van der Waals surface area contributed by atoms with Gasteiger partial charge in [0.2, 0.25) is 0 Å². The summed E-state index contributed by atoms with van der Waals surface area (Å²) >= 11 is 5.90. The second-order valence-electron chi connectivity index (χ2n) is 34.2. The maximum Gasteiger partial charge on any atom is 0.416 e. The fourth-order valence-electron chi connectivity index (χ4n) is 16.6. The first-order chi connectivity index (χ1) is 67.0. The second kappa shape index (κ2) is 47.8. The largest absolute Gasteiger partial charge is 0.416 e. The van der Waals surface area contributed by atoms with Gasteiger partial charge in [-0.15, -0.1) is 11.6 Å². The summed E-state index contributed by atoms with van der Waals surface area (Å²) in [5, 5.41) is 17.0. The van der Waals surface area contributed by atoms with Crippen LogP contribution in [-0.2, 0) is 61.7 Å². The number of carbonyl (C=O) groups is 6. The maximum atomic E-state index is 13.7. The highest BCUT2D eigenvalue weighted by atomic mass is 35.5. The minimum Gasteiger partial charge on any atom is -0.379 e. The summed E-state index contributed by atoms with van der Waals surface area (Å²) in [5.41, 5.74) is 10.2. The van der Waals surface area contributed by atoms with Gasteiger partial charge >= 0.3 is 18.5 Å². The number of aryl methyl sites for hydroxylation is 1. The number of anilines is 6. The summed E-state index contributed by atoms with van der Waals surface area (Å²) in [7, 11) is 2.04. The lowest BCUT2D eigenvalue weighted by Crippen LogP contribution is -2.40. The molecule has 4 fully saturated rings. The van der Waals surface area contributed by atoms with Crippen LogP contribution in [0.4, 0.5) is 73.6 Å².